The summed E-state index contributed by atoms with van der Waals surface area (Å²) in [6, 6.07) is 11.1. The molecule has 0 aromatic heterocycles. The first kappa shape index (κ1) is 16.4. The Kier molecular flexibility index (Phi) is 4.82. The summed E-state index contributed by atoms with van der Waals surface area (Å²) in [5.41, 5.74) is 4.87. The van der Waals surface area contributed by atoms with Crippen LogP contribution in [0.25, 0.3) is 0 Å². The first-order chi connectivity index (χ1) is 10.3. The first-order valence-corrected chi connectivity index (χ1v) is 8.37. The van der Waals surface area contributed by atoms with E-state index in [1.807, 2.05) is 0 Å². The highest BCUT2D eigenvalue weighted by molar-refractivity contribution is 9.10. The molecule has 0 unspecified atom stereocenters. The number of carbonyl (C=O) groups is 1. The summed E-state index contributed by atoms with van der Waals surface area (Å²) in [5.74, 6) is -1.65. The quantitative estimate of drug-likeness (QED) is 0.855. The second-order valence-corrected chi connectivity index (χ2v) is 7.16. The van der Waals surface area contributed by atoms with Crippen LogP contribution in [0, 0.1) is 5.82 Å². The van der Waals surface area contributed by atoms with Crippen LogP contribution >= 0.6 is 15.9 Å². The SMILES string of the molecule is NC(=O)CN(c1ccccc1F)S(=O)(=O)c1ccc(Br)cc1. The number of hydrogen-bond donors (Lipinski definition) is 1. The third kappa shape index (κ3) is 3.45. The molecule has 0 aliphatic rings. The fourth-order valence-corrected chi connectivity index (χ4v) is 3.53. The van der Waals surface area contributed by atoms with Crippen molar-refractivity contribution in [1.29, 1.82) is 0 Å². The number of rotatable bonds is 5. The Morgan fingerprint density at radius 1 is 1.14 bits per heavy atom. The molecular formula is C14H12BrFN2O3S. The summed E-state index contributed by atoms with van der Waals surface area (Å²) in [6.07, 6.45) is 0. The number of anilines is 1. The van der Waals surface area contributed by atoms with Crippen molar-refractivity contribution >= 4 is 37.5 Å². The maximum absolute atomic E-state index is 13.9. The van der Waals surface area contributed by atoms with E-state index in [-0.39, 0.29) is 10.6 Å². The van der Waals surface area contributed by atoms with E-state index < -0.39 is 28.3 Å². The minimum atomic E-state index is -4.12. The summed E-state index contributed by atoms with van der Waals surface area (Å²) < 4.78 is 40.6. The van der Waals surface area contributed by atoms with Crippen molar-refractivity contribution in [3.05, 3.63) is 58.8 Å². The molecule has 2 aromatic carbocycles. The number of carbonyl (C=O) groups excluding carboxylic acids is 1. The van der Waals surface area contributed by atoms with Gasteiger partial charge in [0.05, 0.1) is 10.6 Å². The first-order valence-electron chi connectivity index (χ1n) is 6.13. The number of nitrogens with zero attached hydrogens (tertiary/aromatic N) is 1. The molecule has 22 heavy (non-hydrogen) atoms. The lowest BCUT2D eigenvalue weighted by Gasteiger charge is -2.23. The highest BCUT2D eigenvalue weighted by Gasteiger charge is 2.28. The standard InChI is InChI=1S/C14H12BrFN2O3S/c15-10-5-7-11(8-6-10)22(20,21)18(9-14(17)19)13-4-2-1-3-12(13)16/h1-8H,9H2,(H2,17,19). The Morgan fingerprint density at radius 2 is 1.73 bits per heavy atom. The van der Waals surface area contributed by atoms with Gasteiger partial charge in [-0.1, -0.05) is 28.1 Å². The molecule has 0 saturated heterocycles. The number of nitrogens with two attached hydrogens (primary N) is 1. The van der Waals surface area contributed by atoms with E-state index in [2.05, 4.69) is 15.9 Å². The molecule has 0 atom stereocenters. The van der Waals surface area contributed by atoms with Crippen LogP contribution in [0.2, 0.25) is 0 Å². The van der Waals surface area contributed by atoms with Gasteiger partial charge >= 0.3 is 0 Å². The van der Waals surface area contributed by atoms with Crippen molar-refractivity contribution in [1.82, 2.24) is 0 Å². The third-order valence-electron chi connectivity index (χ3n) is 2.82. The van der Waals surface area contributed by atoms with E-state index in [0.29, 0.717) is 8.78 Å². The Balaban J connectivity index is 2.56. The summed E-state index contributed by atoms with van der Waals surface area (Å²) >= 11 is 3.20. The van der Waals surface area contributed by atoms with Gasteiger partial charge in [0.15, 0.2) is 0 Å². The van der Waals surface area contributed by atoms with Crippen molar-refractivity contribution in [2.45, 2.75) is 4.90 Å². The van der Waals surface area contributed by atoms with E-state index in [1.54, 1.807) is 0 Å². The van der Waals surface area contributed by atoms with Crippen molar-refractivity contribution in [2.75, 3.05) is 10.8 Å². The monoisotopic (exact) mass is 386 g/mol. The number of halogens is 2. The summed E-state index contributed by atoms with van der Waals surface area (Å²) in [7, 11) is -4.12. The molecule has 8 heteroatoms. The van der Waals surface area contributed by atoms with E-state index >= 15 is 0 Å². The summed E-state index contributed by atoms with van der Waals surface area (Å²) in [4.78, 5) is 11.1. The fraction of sp³-hybridized carbons (Fsp3) is 0.0714. The Morgan fingerprint density at radius 3 is 2.27 bits per heavy atom. The van der Waals surface area contributed by atoms with Gasteiger partial charge in [-0.05, 0) is 36.4 Å². The van der Waals surface area contributed by atoms with Gasteiger partial charge in [0.25, 0.3) is 10.0 Å². The molecule has 0 fully saturated rings. The van der Waals surface area contributed by atoms with Gasteiger partial charge in [-0.15, -0.1) is 0 Å². The number of amides is 1. The van der Waals surface area contributed by atoms with Crippen LogP contribution in [0.15, 0.2) is 57.9 Å². The van der Waals surface area contributed by atoms with E-state index in [9.17, 15) is 17.6 Å². The fourth-order valence-electron chi connectivity index (χ4n) is 1.83. The predicted molar refractivity (Wildman–Crippen MR) is 84.3 cm³/mol. The Bertz CT molecular complexity index is 794. The molecule has 0 saturated carbocycles. The van der Waals surface area contributed by atoms with Crippen LogP contribution in [-0.2, 0) is 14.8 Å². The normalized spacial score (nSPS) is 11.2. The van der Waals surface area contributed by atoms with Gasteiger partial charge in [0.1, 0.15) is 12.4 Å². The highest BCUT2D eigenvalue weighted by atomic mass is 79.9. The maximum atomic E-state index is 13.9. The van der Waals surface area contributed by atoms with Gasteiger partial charge in [-0.25, -0.2) is 12.8 Å². The molecule has 2 rings (SSSR count). The number of sulfonamides is 1. The molecule has 0 bridgehead atoms. The van der Waals surface area contributed by atoms with Crippen LogP contribution in [0.1, 0.15) is 0 Å². The van der Waals surface area contributed by atoms with Gasteiger partial charge in [0.2, 0.25) is 5.91 Å². The van der Waals surface area contributed by atoms with E-state index in [4.69, 9.17) is 5.73 Å². The highest BCUT2D eigenvalue weighted by Crippen LogP contribution is 2.26. The second-order valence-electron chi connectivity index (χ2n) is 4.38. The maximum Gasteiger partial charge on any atom is 0.264 e. The molecule has 116 valence electrons. The second kappa shape index (κ2) is 6.45. The smallest absolute Gasteiger partial charge is 0.264 e. The topological polar surface area (TPSA) is 80.5 Å². The molecular weight excluding hydrogens is 375 g/mol. The average molecular weight is 387 g/mol. The molecule has 0 spiro atoms. The predicted octanol–water partition coefficient (Wildman–Crippen LogP) is 2.27. The molecule has 0 aliphatic heterocycles. The van der Waals surface area contributed by atoms with Crippen LogP contribution in [0.5, 0.6) is 0 Å². The van der Waals surface area contributed by atoms with Crippen molar-refractivity contribution in [3.8, 4) is 0 Å². The minimum absolute atomic E-state index is 0.0693. The molecule has 2 aromatic rings. The molecule has 0 heterocycles. The van der Waals surface area contributed by atoms with Crippen molar-refractivity contribution < 1.29 is 17.6 Å². The number of para-hydroxylation sites is 1. The molecule has 5 nitrogen and oxygen atoms in total. The number of primary amides is 1. The van der Waals surface area contributed by atoms with Gasteiger partial charge in [-0.3, -0.25) is 9.10 Å². The van der Waals surface area contributed by atoms with Crippen LogP contribution in [-0.4, -0.2) is 20.9 Å². The lowest BCUT2D eigenvalue weighted by atomic mass is 10.3. The van der Waals surface area contributed by atoms with Crippen LogP contribution < -0.4 is 10.0 Å². The van der Waals surface area contributed by atoms with Crippen molar-refractivity contribution in [2.24, 2.45) is 5.73 Å². The zero-order valence-electron chi connectivity index (χ0n) is 11.2. The summed E-state index contributed by atoms with van der Waals surface area (Å²) in [6.45, 7) is -0.653. The lowest BCUT2D eigenvalue weighted by Crippen LogP contribution is -2.39. The zero-order valence-corrected chi connectivity index (χ0v) is 13.6. The Labute approximate surface area is 135 Å². The molecule has 0 radical (unpaired) electrons. The van der Waals surface area contributed by atoms with Crippen LogP contribution in [0.3, 0.4) is 0 Å². The largest absolute Gasteiger partial charge is 0.368 e. The molecule has 1 amide bonds. The molecule has 2 N–H and O–H groups in total. The minimum Gasteiger partial charge on any atom is -0.368 e. The third-order valence-corrected chi connectivity index (χ3v) is 5.12. The zero-order chi connectivity index (χ0) is 16.3. The number of benzene rings is 2. The van der Waals surface area contributed by atoms with E-state index in [0.717, 1.165) is 6.07 Å². The van der Waals surface area contributed by atoms with Crippen LogP contribution in [0.4, 0.5) is 10.1 Å². The van der Waals surface area contributed by atoms with Gasteiger partial charge in [-0.2, -0.15) is 0 Å². The van der Waals surface area contributed by atoms with Crippen molar-refractivity contribution in [3.63, 3.8) is 0 Å². The average Bonchev–Trinajstić information content (AvgIpc) is 2.46. The lowest BCUT2D eigenvalue weighted by molar-refractivity contribution is -0.116. The number of hydrogen-bond acceptors (Lipinski definition) is 3. The Hall–Kier alpha value is -1.93. The van der Waals surface area contributed by atoms with Gasteiger partial charge < -0.3 is 5.73 Å². The summed E-state index contributed by atoms with van der Waals surface area (Å²) in [5, 5.41) is 0. The van der Waals surface area contributed by atoms with Gasteiger partial charge in [0, 0.05) is 4.47 Å². The molecule has 0 aliphatic carbocycles. The van der Waals surface area contributed by atoms with E-state index in [1.165, 1.54) is 42.5 Å².